The molecule has 1 atom stereocenters. The second-order valence-electron chi connectivity index (χ2n) is 5.28. The first kappa shape index (κ1) is 16.8. The molecule has 0 aliphatic rings. The van der Waals surface area contributed by atoms with Crippen LogP contribution in [-0.4, -0.2) is 34.6 Å². The fraction of sp³-hybridized carbons (Fsp3) is 0.538. The number of carboxylic acid groups (broad SMARTS) is 1. The number of carboxylic acids is 1. The molecule has 1 rings (SSSR count). The van der Waals surface area contributed by atoms with Crippen LogP contribution in [0.5, 0.6) is 0 Å². The molecule has 0 fully saturated rings. The highest BCUT2D eigenvalue weighted by Crippen LogP contribution is 2.28. The van der Waals surface area contributed by atoms with Gasteiger partial charge in [0.1, 0.15) is 10.5 Å². The van der Waals surface area contributed by atoms with E-state index in [1.165, 1.54) is 23.1 Å². The van der Waals surface area contributed by atoms with Gasteiger partial charge in [-0.3, -0.25) is 0 Å². The maximum atomic E-state index is 11.6. The minimum atomic E-state index is -0.921. The molecule has 0 spiro atoms. The number of rotatable bonds is 5. The van der Waals surface area contributed by atoms with Gasteiger partial charge in [-0.15, -0.1) is 23.1 Å². The fourth-order valence-corrected chi connectivity index (χ4v) is 3.26. The van der Waals surface area contributed by atoms with Crippen LogP contribution in [0.2, 0.25) is 0 Å². The number of nitrogens with one attached hydrogen (secondary N) is 1. The lowest BCUT2D eigenvalue weighted by atomic mass is 10.2. The summed E-state index contributed by atoms with van der Waals surface area (Å²) in [6, 6.07) is 1.66. The molecule has 0 aromatic carbocycles. The standard InChI is InChI=1S/C13H19NO4S2/c1-8(14-12(17)18-13(2,3)4)7-20-9-5-6-19-10(9)11(15)16/h5-6,8H,7H2,1-4H3,(H,14,17)(H,15,16). The molecule has 20 heavy (non-hydrogen) atoms. The zero-order valence-electron chi connectivity index (χ0n) is 11.9. The number of hydrogen-bond acceptors (Lipinski definition) is 5. The van der Waals surface area contributed by atoms with Crippen molar-refractivity contribution in [3.05, 3.63) is 16.3 Å². The van der Waals surface area contributed by atoms with E-state index in [1.807, 2.05) is 6.92 Å². The lowest BCUT2D eigenvalue weighted by molar-refractivity contribution is 0.0512. The van der Waals surface area contributed by atoms with E-state index >= 15 is 0 Å². The number of carbonyl (C=O) groups excluding carboxylic acids is 1. The molecule has 1 amide bonds. The van der Waals surface area contributed by atoms with E-state index in [4.69, 9.17) is 9.84 Å². The second-order valence-corrected chi connectivity index (χ2v) is 7.26. The third-order valence-corrected chi connectivity index (χ3v) is 4.42. The molecule has 0 bridgehead atoms. The Labute approximate surface area is 126 Å². The molecule has 7 heteroatoms. The first-order chi connectivity index (χ1) is 9.19. The third kappa shape index (κ3) is 5.83. The van der Waals surface area contributed by atoms with Crippen molar-refractivity contribution in [1.82, 2.24) is 5.32 Å². The Morgan fingerprint density at radius 2 is 2.15 bits per heavy atom. The molecule has 0 saturated heterocycles. The maximum absolute atomic E-state index is 11.6. The molecule has 1 unspecified atom stereocenters. The second kappa shape index (κ2) is 6.99. The van der Waals surface area contributed by atoms with Gasteiger partial charge in [0.2, 0.25) is 0 Å². The highest BCUT2D eigenvalue weighted by atomic mass is 32.2. The molecule has 5 nitrogen and oxygen atoms in total. The van der Waals surface area contributed by atoms with E-state index in [9.17, 15) is 9.59 Å². The molecular formula is C13H19NO4S2. The average Bonchev–Trinajstić information content (AvgIpc) is 2.71. The summed E-state index contributed by atoms with van der Waals surface area (Å²) < 4.78 is 5.16. The topological polar surface area (TPSA) is 75.6 Å². The summed E-state index contributed by atoms with van der Waals surface area (Å²) in [7, 11) is 0. The van der Waals surface area contributed by atoms with Crippen molar-refractivity contribution in [3.8, 4) is 0 Å². The molecule has 0 radical (unpaired) electrons. The largest absolute Gasteiger partial charge is 0.477 e. The quantitative estimate of drug-likeness (QED) is 0.814. The van der Waals surface area contributed by atoms with E-state index < -0.39 is 17.7 Å². The molecule has 1 aromatic rings. The first-order valence-corrected chi connectivity index (χ1v) is 7.98. The summed E-state index contributed by atoms with van der Waals surface area (Å²) >= 11 is 2.61. The van der Waals surface area contributed by atoms with Crippen molar-refractivity contribution in [2.24, 2.45) is 0 Å². The first-order valence-electron chi connectivity index (χ1n) is 6.12. The number of alkyl carbamates (subject to hydrolysis) is 1. The zero-order chi connectivity index (χ0) is 15.3. The Kier molecular flexibility index (Phi) is 5.88. The lowest BCUT2D eigenvalue weighted by Gasteiger charge is -2.21. The molecule has 112 valence electrons. The summed E-state index contributed by atoms with van der Waals surface area (Å²) in [5.41, 5.74) is -0.527. The van der Waals surface area contributed by atoms with E-state index in [1.54, 1.807) is 32.2 Å². The predicted molar refractivity (Wildman–Crippen MR) is 80.8 cm³/mol. The summed E-state index contributed by atoms with van der Waals surface area (Å²) in [6.07, 6.45) is -0.464. The predicted octanol–water partition coefficient (Wildman–Crippen LogP) is 3.45. The van der Waals surface area contributed by atoms with Gasteiger partial charge in [-0.1, -0.05) is 0 Å². The summed E-state index contributed by atoms with van der Waals surface area (Å²) in [4.78, 5) is 23.6. The van der Waals surface area contributed by atoms with Gasteiger partial charge < -0.3 is 15.2 Å². The van der Waals surface area contributed by atoms with E-state index in [0.717, 1.165) is 4.90 Å². The van der Waals surface area contributed by atoms with E-state index in [2.05, 4.69) is 5.32 Å². The Hall–Kier alpha value is -1.21. The summed E-state index contributed by atoms with van der Waals surface area (Å²) in [5, 5.41) is 13.5. The highest BCUT2D eigenvalue weighted by molar-refractivity contribution is 7.99. The van der Waals surface area contributed by atoms with Gasteiger partial charge in [0, 0.05) is 16.7 Å². The SMILES string of the molecule is CC(CSc1ccsc1C(=O)O)NC(=O)OC(C)(C)C. The molecule has 1 aromatic heterocycles. The van der Waals surface area contributed by atoms with Gasteiger partial charge in [0.05, 0.1) is 0 Å². The van der Waals surface area contributed by atoms with Gasteiger partial charge in [0.15, 0.2) is 0 Å². The van der Waals surface area contributed by atoms with Crippen LogP contribution in [0.25, 0.3) is 0 Å². The van der Waals surface area contributed by atoms with E-state index in [-0.39, 0.29) is 6.04 Å². The van der Waals surface area contributed by atoms with Crippen molar-refractivity contribution >= 4 is 35.2 Å². The molecule has 0 aliphatic heterocycles. The van der Waals surface area contributed by atoms with Crippen molar-refractivity contribution in [2.75, 3.05) is 5.75 Å². The molecule has 0 saturated carbocycles. The zero-order valence-corrected chi connectivity index (χ0v) is 13.6. The Balaban J connectivity index is 2.43. The van der Waals surface area contributed by atoms with Gasteiger partial charge in [0.25, 0.3) is 0 Å². The number of thiophene rings is 1. The number of hydrogen-bond donors (Lipinski definition) is 2. The summed E-state index contributed by atoms with van der Waals surface area (Å²) in [5.74, 6) is -0.341. The minimum absolute atomic E-state index is 0.114. The average molecular weight is 317 g/mol. The smallest absolute Gasteiger partial charge is 0.407 e. The Morgan fingerprint density at radius 3 is 2.70 bits per heavy atom. The van der Waals surface area contributed by atoms with E-state index in [0.29, 0.717) is 10.6 Å². The minimum Gasteiger partial charge on any atom is -0.477 e. The molecule has 0 aliphatic carbocycles. The Morgan fingerprint density at radius 1 is 1.50 bits per heavy atom. The number of aromatic carboxylic acids is 1. The maximum Gasteiger partial charge on any atom is 0.407 e. The van der Waals surface area contributed by atoms with Crippen LogP contribution in [0.1, 0.15) is 37.4 Å². The van der Waals surface area contributed by atoms with Crippen LogP contribution in [0.4, 0.5) is 4.79 Å². The normalized spacial score (nSPS) is 12.8. The van der Waals surface area contributed by atoms with Gasteiger partial charge >= 0.3 is 12.1 Å². The third-order valence-electron chi connectivity index (χ3n) is 2.08. The number of thioether (sulfide) groups is 1. The molecular weight excluding hydrogens is 298 g/mol. The Bertz CT molecular complexity index is 479. The van der Waals surface area contributed by atoms with Gasteiger partial charge in [-0.25, -0.2) is 9.59 Å². The van der Waals surface area contributed by atoms with Crippen LogP contribution in [0, 0.1) is 0 Å². The highest BCUT2D eigenvalue weighted by Gasteiger charge is 2.18. The molecule has 1 heterocycles. The van der Waals surface area contributed by atoms with Crippen molar-refractivity contribution in [2.45, 2.75) is 44.2 Å². The van der Waals surface area contributed by atoms with Crippen LogP contribution < -0.4 is 5.32 Å². The van der Waals surface area contributed by atoms with Crippen molar-refractivity contribution in [3.63, 3.8) is 0 Å². The fourth-order valence-electron chi connectivity index (χ4n) is 1.33. The molecule has 2 N–H and O–H groups in total. The van der Waals surface area contributed by atoms with Gasteiger partial charge in [-0.2, -0.15) is 0 Å². The number of carbonyl (C=O) groups is 2. The van der Waals surface area contributed by atoms with Crippen LogP contribution >= 0.6 is 23.1 Å². The number of amides is 1. The van der Waals surface area contributed by atoms with Crippen LogP contribution in [0.3, 0.4) is 0 Å². The summed E-state index contributed by atoms with van der Waals surface area (Å²) in [6.45, 7) is 7.26. The van der Waals surface area contributed by atoms with Gasteiger partial charge in [-0.05, 0) is 39.1 Å². The monoisotopic (exact) mass is 317 g/mol. The van der Waals surface area contributed by atoms with Crippen LogP contribution in [0.15, 0.2) is 16.3 Å². The lowest BCUT2D eigenvalue weighted by Crippen LogP contribution is -2.38. The van der Waals surface area contributed by atoms with Crippen molar-refractivity contribution in [1.29, 1.82) is 0 Å². The van der Waals surface area contributed by atoms with Crippen LogP contribution in [-0.2, 0) is 4.74 Å². The number of ether oxygens (including phenoxy) is 1. The van der Waals surface area contributed by atoms with Crippen molar-refractivity contribution < 1.29 is 19.4 Å².